The number of halogens is 1. The highest BCUT2D eigenvalue weighted by Gasteiger charge is 2.23. The van der Waals surface area contributed by atoms with Gasteiger partial charge in [-0.25, -0.2) is 0 Å². The molecule has 0 saturated carbocycles. The molecule has 168 valence electrons. The number of nitrogens with zero attached hydrogens (tertiary/aromatic N) is 2. The van der Waals surface area contributed by atoms with Gasteiger partial charge in [0.15, 0.2) is 5.96 Å². The molecule has 2 N–H and O–H groups in total. The van der Waals surface area contributed by atoms with Crippen LogP contribution in [0.1, 0.15) is 38.2 Å². The van der Waals surface area contributed by atoms with Crippen LogP contribution in [-0.4, -0.2) is 64.0 Å². The van der Waals surface area contributed by atoms with Crippen molar-refractivity contribution in [3.63, 3.8) is 0 Å². The summed E-state index contributed by atoms with van der Waals surface area (Å²) in [6.07, 6.45) is 4.41. The predicted octanol–water partition coefficient (Wildman–Crippen LogP) is 2.72. The van der Waals surface area contributed by atoms with Crippen LogP contribution in [0.2, 0.25) is 0 Å². The molecule has 7 nitrogen and oxygen atoms in total. The third kappa shape index (κ3) is 7.70. The maximum absolute atomic E-state index is 12.6. The number of fused-ring (bicyclic) bond motifs is 1. The summed E-state index contributed by atoms with van der Waals surface area (Å²) in [7, 11) is 0. The number of amides is 1. The van der Waals surface area contributed by atoms with Gasteiger partial charge < -0.3 is 25.0 Å². The molecular weight excluding hydrogens is 495 g/mol. The molecule has 30 heavy (non-hydrogen) atoms. The van der Waals surface area contributed by atoms with Crippen LogP contribution in [0, 0.1) is 0 Å². The maximum atomic E-state index is 12.6. The Hall–Kier alpha value is -1.39. The van der Waals surface area contributed by atoms with Crippen LogP contribution in [0.15, 0.2) is 29.3 Å². The topological polar surface area (TPSA) is 75.2 Å². The average Bonchev–Trinajstić information content (AvgIpc) is 3.40. The SMILES string of the molecule is CCNC(=NCCCC(=O)N1CCc2ccccc21)NCCCOC1CCOC1.I. The van der Waals surface area contributed by atoms with E-state index >= 15 is 0 Å². The number of nitrogens with one attached hydrogen (secondary N) is 2. The van der Waals surface area contributed by atoms with E-state index in [0.717, 1.165) is 76.8 Å². The van der Waals surface area contributed by atoms with Crippen LogP contribution in [0.5, 0.6) is 0 Å². The molecule has 8 heteroatoms. The van der Waals surface area contributed by atoms with Gasteiger partial charge in [-0.2, -0.15) is 0 Å². The van der Waals surface area contributed by atoms with Crippen molar-refractivity contribution in [2.24, 2.45) is 4.99 Å². The first kappa shape index (κ1) is 24.9. The largest absolute Gasteiger partial charge is 0.379 e. The second kappa shape index (κ2) is 13.8. The average molecular weight is 530 g/mol. The highest BCUT2D eigenvalue weighted by molar-refractivity contribution is 14.0. The number of ether oxygens (including phenoxy) is 2. The molecule has 2 heterocycles. The summed E-state index contributed by atoms with van der Waals surface area (Å²) < 4.78 is 11.1. The predicted molar refractivity (Wildman–Crippen MR) is 131 cm³/mol. The molecular formula is C22H35IN4O3. The summed E-state index contributed by atoms with van der Waals surface area (Å²) in [5.41, 5.74) is 2.34. The van der Waals surface area contributed by atoms with Crippen LogP contribution in [0.25, 0.3) is 0 Å². The fourth-order valence-corrected chi connectivity index (χ4v) is 3.67. The minimum atomic E-state index is 0. The summed E-state index contributed by atoms with van der Waals surface area (Å²) in [5, 5.41) is 6.59. The second-order valence-electron chi connectivity index (χ2n) is 7.43. The number of benzene rings is 1. The molecule has 0 aliphatic carbocycles. The van der Waals surface area contributed by atoms with E-state index in [-0.39, 0.29) is 36.0 Å². The lowest BCUT2D eigenvalue weighted by atomic mass is 10.2. The molecule has 1 fully saturated rings. The Balaban J connectivity index is 0.00000320. The molecule has 1 aromatic carbocycles. The number of hydrogen-bond donors (Lipinski definition) is 2. The van der Waals surface area contributed by atoms with Gasteiger partial charge in [-0.05, 0) is 44.2 Å². The molecule has 0 aromatic heterocycles. The van der Waals surface area contributed by atoms with Gasteiger partial charge in [0.25, 0.3) is 0 Å². The Labute approximate surface area is 197 Å². The molecule has 0 spiro atoms. The van der Waals surface area contributed by atoms with Crippen molar-refractivity contribution >= 4 is 41.5 Å². The zero-order valence-electron chi connectivity index (χ0n) is 17.9. The lowest BCUT2D eigenvalue weighted by Crippen LogP contribution is -2.38. The van der Waals surface area contributed by atoms with Gasteiger partial charge in [0.1, 0.15) is 0 Å². The summed E-state index contributed by atoms with van der Waals surface area (Å²) >= 11 is 0. The fraction of sp³-hybridized carbons (Fsp3) is 0.636. The summed E-state index contributed by atoms with van der Waals surface area (Å²) in [6.45, 7) is 7.36. The van der Waals surface area contributed by atoms with Gasteiger partial charge in [0.05, 0.1) is 12.7 Å². The first-order valence-electron chi connectivity index (χ1n) is 10.9. The lowest BCUT2D eigenvalue weighted by molar-refractivity contribution is -0.118. The van der Waals surface area contributed by atoms with Gasteiger partial charge in [-0.1, -0.05) is 18.2 Å². The van der Waals surface area contributed by atoms with Gasteiger partial charge >= 0.3 is 0 Å². The van der Waals surface area contributed by atoms with Gasteiger partial charge in [-0.15, -0.1) is 24.0 Å². The van der Waals surface area contributed by atoms with E-state index in [4.69, 9.17) is 9.47 Å². The summed E-state index contributed by atoms with van der Waals surface area (Å²) in [5.74, 6) is 0.992. The Morgan fingerprint density at radius 3 is 2.97 bits per heavy atom. The second-order valence-corrected chi connectivity index (χ2v) is 7.43. The first-order chi connectivity index (χ1) is 14.3. The van der Waals surface area contributed by atoms with Crippen LogP contribution in [0.3, 0.4) is 0 Å². The van der Waals surface area contributed by atoms with Crippen molar-refractivity contribution in [3.05, 3.63) is 29.8 Å². The quantitative estimate of drug-likeness (QED) is 0.211. The maximum Gasteiger partial charge on any atom is 0.227 e. The van der Waals surface area contributed by atoms with Gasteiger partial charge in [0.2, 0.25) is 5.91 Å². The number of aliphatic imine (C=N–C) groups is 1. The van der Waals surface area contributed by atoms with Crippen molar-refractivity contribution in [3.8, 4) is 0 Å². The molecule has 1 atom stereocenters. The van der Waals surface area contributed by atoms with Gasteiger partial charge in [-0.3, -0.25) is 9.79 Å². The molecule has 1 saturated heterocycles. The van der Waals surface area contributed by atoms with Crippen molar-refractivity contribution in [2.75, 3.05) is 50.9 Å². The number of guanidine groups is 1. The summed E-state index contributed by atoms with van der Waals surface area (Å²) in [6, 6.07) is 8.17. The van der Waals surface area contributed by atoms with Crippen LogP contribution in [0.4, 0.5) is 5.69 Å². The van der Waals surface area contributed by atoms with Crippen molar-refractivity contribution in [1.82, 2.24) is 10.6 Å². The number of rotatable bonds is 10. The van der Waals surface area contributed by atoms with E-state index in [1.54, 1.807) is 0 Å². The van der Waals surface area contributed by atoms with E-state index in [1.165, 1.54) is 5.56 Å². The molecule has 0 bridgehead atoms. The standard InChI is InChI=1S/C22H34N4O3.HI/c1-2-23-22(25-13-6-15-29-19-11-16-28-17-19)24-12-5-9-21(27)26-14-10-18-7-3-4-8-20(18)26;/h3-4,7-8,19H,2,5-6,9-17H2,1H3,(H2,23,24,25);1H. The molecule has 2 aliphatic rings. The Bertz CT molecular complexity index is 680. The smallest absolute Gasteiger partial charge is 0.227 e. The van der Waals surface area contributed by atoms with E-state index in [0.29, 0.717) is 13.0 Å². The van der Waals surface area contributed by atoms with Crippen molar-refractivity contribution in [1.29, 1.82) is 0 Å². The minimum absolute atomic E-state index is 0. The molecule has 1 unspecified atom stereocenters. The fourth-order valence-electron chi connectivity index (χ4n) is 3.67. The van der Waals surface area contributed by atoms with Gasteiger partial charge in [0, 0.05) is 51.5 Å². The van der Waals surface area contributed by atoms with Crippen molar-refractivity contribution in [2.45, 2.75) is 45.1 Å². The molecule has 1 amide bonds. The van der Waals surface area contributed by atoms with E-state index in [2.05, 4.69) is 28.6 Å². The zero-order valence-corrected chi connectivity index (χ0v) is 20.2. The Morgan fingerprint density at radius 1 is 1.30 bits per heavy atom. The molecule has 2 aliphatic heterocycles. The number of carbonyl (C=O) groups is 1. The van der Waals surface area contributed by atoms with Crippen LogP contribution < -0.4 is 15.5 Å². The monoisotopic (exact) mass is 530 g/mol. The number of anilines is 1. The molecule has 0 radical (unpaired) electrons. The number of para-hydroxylation sites is 1. The Kier molecular flexibility index (Phi) is 11.5. The zero-order chi connectivity index (χ0) is 20.3. The van der Waals surface area contributed by atoms with Crippen molar-refractivity contribution < 1.29 is 14.3 Å². The highest BCUT2D eigenvalue weighted by atomic mass is 127. The lowest BCUT2D eigenvalue weighted by Gasteiger charge is -2.17. The Morgan fingerprint density at radius 2 is 2.17 bits per heavy atom. The highest BCUT2D eigenvalue weighted by Crippen LogP contribution is 2.27. The molecule has 3 rings (SSSR count). The third-order valence-electron chi connectivity index (χ3n) is 5.21. The minimum Gasteiger partial charge on any atom is -0.379 e. The third-order valence-corrected chi connectivity index (χ3v) is 5.21. The van der Waals surface area contributed by atoms with E-state index in [1.807, 2.05) is 23.1 Å². The van der Waals surface area contributed by atoms with E-state index in [9.17, 15) is 4.79 Å². The molecule has 1 aromatic rings. The number of carbonyl (C=O) groups excluding carboxylic acids is 1. The normalized spacial score (nSPS) is 18.1. The van der Waals surface area contributed by atoms with Crippen LogP contribution >= 0.6 is 24.0 Å². The van der Waals surface area contributed by atoms with Crippen LogP contribution in [-0.2, 0) is 20.7 Å². The number of hydrogen-bond acceptors (Lipinski definition) is 4. The first-order valence-corrected chi connectivity index (χ1v) is 10.9. The summed E-state index contributed by atoms with van der Waals surface area (Å²) in [4.78, 5) is 19.1. The van der Waals surface area contributed by atoms with E-state index < -0.39 is 0 Å².